The largest absolute Gasteiger partial charge is 0.511 e. The normalized spacial score (nSPS) is 16.8. The highest BCUT2D eigenvalue weighted by Crippen LogP contribution is 2.28. The molecule has 29 heavy (non-hydrogen) atoms. The number of hydrogen-bond donors (Lipinski definition) is 3. The summed E-state index contributed by atoms with van der Waals surface area (Å²) >= 11 is 0. The van der Waals surface area contributed by atoms with E-state index in [1.807, 2.05) is 30.3 Å². The number of aliphatic imine (C=N–C) groups is 1. The van der Waals surface area contributed by atoms with Gasteiger partial charge in [-0.3, -0.25) is 4.99 Å². The Balaban J connectivity index is 0.00000420. The zero-order valence-corrected chi connectivity index (χ0v) is 19.2. The van der Waals surface area contributed by atoms with Gasteiger partial charge in [0.25, 0.3) is 0 Å². The Morgan fingerprint density at radius 2 is 1.79 bits per heavy atom. The fourth-order valence-corrected chi connectivity index (χ4v) is 3.84. The number of halogens is 4. The maximum atomic E-state index is 12.6. The van der Waals surface area contributed by atoms with Crippen molar-refractivity contribution in [1.82, 2.24) is 14.9 Å². The maximum absolute atomic E-state index is 12.6. The van der Waals surface area contributed by atoms with Crippen molar-refractivity contribution in [2.24, 2.45) is 4.99 Å². The molecule has 7 nitrogen and oxygen atoms in total. The molecule has 0 spiro atoms. The van der Waals surface area contributed by atoms with E-state index in [1.165, 1.54) is 0 Å². The summed E-state index contributed by atoms with van der Waals surface area (Å²) in [6.45, 7) is 1.11. The number of anilines is 1. The lowest BCUT2D eigenvalue weighted by molar-refractivity contribution is -0.0494. The number of benzene rings is 1. The monoisotopic (exact) mass is 549 g/mol. The summed E-state index contributed by atoms with van der Waals surface area (Å²) in [7, 11) is -3.64. The quantitative estimate of drug-likeness (QED) is 0.211. The van der Waals surface area contributed by atoms with Crippen LogP contribution >= 0.6 is 24.0 Å². The van der Waals surface area contributed by atoms with Crippen molar-refractivity contribution >= 4 is 45.6 Å². The van der Waals surface area contributed by atoms with Crippen LogP contribution < -0.4 is 16.0 Å². The lowest BCUT2D eigenvalue weighted by Crippen LogP contribution is -2.51. The average molecular weight is 549 g/mol. The number of nitrogens with one attached hydrogen (secondary N) is 3. The molecule has 1 aromatic rings. The number of guanidine groups is 1. The highest BCUT2D eigenvalue weighted by atomic mass is 127. The first-order valence-electron chi connectivity index (χ1n) is 9.06. The Hall–Kier alpha value is -1.28. The lowest BCUT2D eigenvalue weighted by atomic mass is 10.1. The molecular formula is C17H27F3IN5O2S. The Morgan fingerprint density at radius 1 is 1.17 bits per heavy atom. The van der Waals surface area contributed by atoms with E-state index in [-0.39, 0.29) is 55.9 Å². The van der Waals surface area contributed by atoms with Crippen LogP contribution in [0, 0.1) is 0 Å². The van der Waals surface area contributed by atoms with Crippen molar-refractivity contribution in [2.45, 2.75) is 30.8 Å². The molecule has 1 fully saturated rings. The van der Waals surface area contributed by atoms with Crippen molar-refractivity contribution < 1.29 is 21.6 Å². The van der Waals surface area contributed by atoms with Crippen LogP contribution in [0.2, 0.25) is 0 Å². The second-order valence-electron chi connectivity index (χ2n) is 6.41. The molecule has 0 aliphatic carbocycles. The Morgan fingerprint density at radius 3 is 2.34 bits per heavy atom. The van der Waals surface area contributed by atoms with Gasteiger partial charge in [0, 0.05) is 45.0 Å². The minimum Gasteiger partial charge on any atom is -0.385 e. The molecular weight excluding hydrogens is 522 g/mol. The zero-order valence-electron chi connectivity index (χ0n) is 16.1. The molecule has 0 radical (unpaired) electrons. The zero-order chi connectivity index (χ0) is 20.6. The predicted molar refractivity (Wildman–Crippen MR) is 119 cm³/mol. The number of para-hydroxylation sites is 1. The second-order valence-corrected chi connectivity index (χ2v) is 8.34. The van der Waals surface area contributed by atoms with Gasteiger partial charge < -0.3 is 16.0 Å². The van der Waals surface area contributed by atoms with Crippen LogP contribution in [0.3, 0.4) is 0 Å². The lowest BCUT2D eigenvalue weighted by Gasteiger charge is -2.32. The van der Waals surface area contributed by atoms with E-state index in [4.69, 9.17) is 0 Å². The van der Waals surface area contributed by atoms with Crippen molar-refractivity contribution in [3.8, 4) is 0 Å². The van der Waals surface area contributed by atoms with Gasteiger partial charge in [0.15, 0.2) is 5.96 Å². The van der Waals surface area contributed by atoms with E-state index in [9.17, 15) is 21.6 Å². The van der Waals surface area contributed by atoms with Gasteiger partial charge in [0.05, 0.1) is 0 Å². The smallest absolute Gasteiger partial charge is 0.385 e. The summed E-state index contributed by atoms with van der Waals surface area (Å²) in [6.07, 6.45) is 1.41. The third-order valence-electron chi connectivity index (χ3n) is 4.40. The molecule has 0 amide bonds. The van der Waals surface area contributed by atoms with Gasteiger partial charge in [0.1, 0.15) is 0 Å². The van der Waals surface area contributed by atoms with Crippen LogP contribution in [-0.2, 0) is 10.0 Å². The van der Waals surface area contributed by atoms with E-state index >= 15 is 0 Å². The molecule has 1 heterocycles. The molecule has 0 aromatic heterocycles. The topological polar surface area (TPSA) is 85.8 Å². The van der Waals surface area contributed by atoms with Gasteiger partial charge in [-0.2, -0.15) is 17.5 Å². The molecule has 2 rings (SSSR count). The standard InChI is InChI=1S/C17H26F3N5O2S.HI/c1-21-16(23-11-5-10-22-14-6-3-2-4-7-14)24-15-8-12-25(13-9-15)28(26,27)17(18,19)20;/h2-4,6-7,15,22H,5,8-13H2,1H3,(H2,21,23,24);1H. The average Bonchev–Trinajstić information content (AvgIpc) is 2.67. The van der Waals surface area contributed by atoms with Crippen LogP contribution in [0.25, 0.3) is 0 Å². The third kappa shape index (κ3) is 7.81. The number of nitrogens with zero attached hydrogens (tertiary/aromatic N) is 2. The SMILES string of the molecule is CN=C(NCCCNc1ccccc1)NC1CCN(S(=O)(=O)C(F)(F)F)CC1.I. The summed E-state index contributed by atoms with van der Waals surface area (Å²) in [4.78, 5) is 4.11. The minimum atomic E-state index is -5.25. The summed E-state index contributed by atoms with van der Waals surface area (Å²) in [5, 5.41) is 9.59. The minimum absolute atomic E-state index is 0. The Bertz CT molecular complexity index is 739. The fraction of sp³-hybridized carbons (Fsp3) is 0.588. The third-order valence-corrected chi connectivity index (χ3v) is 6.03. The molecule has 12 heteroatoms. The van der Waals surface area contributed by atoms with Crippen molar-refractivity contribution in [3.05, 3.63) is 30.3 Å². The molecule has 3 N–H and O–H groups in total. The van der Waals surface area contributed by atoms with Gasteiger partial charge in [0.2, 0.25) is 0 Å². The van der Waals surface area contributed by atoms with Crippen LogP contribution in [0.1, 0.15) is 19.3 Å². The number of hydrogen-bond acceptors (Lipinski definition) is 4. The maximum Gasteiger partial charge on any atom is 0.511 e. The van der Waals surface area contributed by atoms with Crippen LogP contribution in [0.5, 0.6) is 0 Å². The van der Waals surface area contributed by atoms with Gasteiger partial charge in [-0.15, -0.1) is 24.0 Å². The molecule has 0 atom stereocenters. The van der Waals surface area contributed by atoms with E-state index in [0.717, 1.165) is 18.7 Å². The number of piperidine rings is 1. The first-order chi connectivity index (χ1) is 13.2. The van der Waals surface area contributed by atoms with E-state index in [0.29, 0.717) is 16.8 Å². The van der Waals surface area contributed by atoms with Gasteiger partial charge in [-0.1, -0.05) is 18.2 Å². The predicted octanol–water partition coefficient (Wildman–Crippen LogP) is 2.59. The van der Waals surface area contributed by atoms with E-state index < -0.39 is 15.5 Å². The summed E-state index contributed by atoms with van der Waals surface area (Å²) in [5.74, 6) is 0.553. The summed E-state index contributed by atoms with van der Waals surface area (Å²) in [5.41, 5.74) is -4.20. The van der Waals surface area contributed by atoms with Crippen molar-refractivity contribution in [2.75, 3.05) is 38.5 Å². The van der Waals surface area contributed by atoms with Gasteiger partial charge in [-0.05, 0) is 31.4 Å². The van der Waals surface area contributed by atoms with E-state index in [2.05, 4.69) is 20.9 Å². The van der Waals surface area contributed by atoms with E-state index in [1.54, 1.807) is 7.05 Å². The highest BCUT2D eigenvalue weighted by Gasteiger charge is 2.50. The van der Waals surface area contributed by atoms with Crippen LogP contribution in [0.4, 0.5) is 18.9 Å². The Kier molecular flexibility index (Phi) is 10.5. The first kappa shape index (κ1) is 25.8. The Labute approximate surface area is 186 Å². The molecule has 166 valence electrons. The van der Waals surface area contributed by atoms with Crippen LogP contribution in [0.15, 0.2) is 35.3 Å². The number of rotatable bonds is 7. The molecule has 1 saturated heterocycles. The molecule has 1 aliphatic heterocycles. The molecule has 0 unspecified atom stereocenters. The highest BCUT2D eigenvalue weighted by molar-refractivity contribution is 14.0. The van der Waals surface area contributed by atoms with Crippen molar-refractivity contribution in [1.29, 1.82) is 0 Å². The second kappa shape index (κ2) is 11.8. The van der Waals surface area contributed by atoms with Gasteiger partial charge >= 0.3 is 15.5 Å². The number of alkyl halides is 3. The fourth-order valence-electron chi connectivity index (χ4n) is 2.86. The molecule has 1 aromatic carbocycles. The first-order valence-corrected chi connectivity index (χ1v) is 10.5. The number of sulfonamides is 1. The van der Waals surface area contributed by atoms with Crippen molar-refractivity contribution in [3.63, 3.8) is 0 Å². The van der Waals surface area contributed by atoms with Crippen LogP contribution in [-0.4, -0.2) is 63.5 Å². The molecule has 0 saturated carbocycles. The summed E-state index contributed by atoms with van der Waals surface area (Å²) in [6, 6.07) is 9.70. The molecule has 0 bridgehead atoms. The van der Waals surface area contributed by atoms with Gasteiger partial charge in [-0.25, -0.2) is 8.42 Å². The molecule has 1 aliphatic rings. The summed E-state index contributed by atoms with van der Waals surface area (Å²) < 4.78 is 61.2.